The van der Waals surface area contributed by atoms with Gasteiger partial charge in [-0.1, -0.05) is 0 Å². The van der Waals surface area contributed by atoms with Crippen LogP contribution < -0.4 is 5.73 Å². The maximum atomic E-state index is 13.6. The summed E-state index contributed by atoms with van der Waals surface area (Å²) >= 11 is 0. The fraction of sp³-hybridized carbons (Fsp3) is 0.417. The molecule has 1 aromatic rings. The summed E-state index contributed by atoms with van der Waals surface area (Å²) < 4.78 is 18.5. The lowest BCUT2D eigenvalue weighted by Crippen LogP contribution is -2.36. The van der Waals surface area contributed by atoms with Gasteiger partial charge in [-0.05, 0) is 18.2 Å². The van der Waals surface area contributed by atoms with Crippen LogP contribution in [0.2, 0.25) is 0 Å². The number of carbonyl (C=O) groups excluding carboxylic acids is 1. The normalized spacial score (nSPS) is 10.4. The number of ether oxygens (including phenoxy) is 1. The van der Waals surface area contributed by atoms with E-state index < -0.39 is 11.7 Å². The molecule has 0 saturated heterocycles. The Morgan fingerprint density at radius 3 is 2.78 bits per heavy atom. The molecule has 0 saturated carbocycles. The zero-order chi connectivity index (χ0) is 13.5. The fourth-order valence-corrected chi connectivity index (χ4v) is 1.51. The average Bonchev–Trinajstić information content (AvgIpc) is 2.33. The predicted molar refractivity (Wildman–Crippen MR) is 65.7 cm³/mol. The number of aliphatic hydroxyl groups is 1. The highest BCUT2D eigenvalue weighted by molar-refractivity contribution is 5.94. The number of hydrogen-bond acceptors (Lipinski definition) is 4. The van der Waals surface area contributed by atoms with Gasteiger partial charge in [0.2, 0.25) is 0 Å². The molecule has 0 atom stereocenters. The zero-order valence-corrected chi connectivity index (χ0v) is 10.2. The van der Waals surface area contributed by atoms with Crippen LogP contribution in [0.25, 0.3) is 0 Å². The molecular weight excluding hydrogens is 239 g/mol. The highest BCUT2D eigenvalue weighted by Crippen LogP contribution is 2.14. The van der Waals surface area contributed by atoms with Gasteiger partial charge in [0.05, 0.1) is 18.8 Å². The second kappa shape index (κ2) is 6.93. The summed E-state index contributed by atoms with van der Waals surface area (Å²) in [5, 5.41) is 8.90. The molecule has 3 N–H and O–H groups in total. The molecule has 0 bridgehead atoms. The van der Waals surface area contributed by atoms with Crippen molar-refractivity contribution >= 4 is 11.6 Å². The van der Waals surface area contributed by atoms with Crippen molar-refractivity contribution in [3.63, 3.8) is 0 Å². The maximum absolute atomic E-state index is 13.6. The van der Waals surface area contributed by atoms with Crippen molar-refractivity contribution in [1.82, 2.24) is 4.90 Å². The monoisotopic (exact) mass is 256 g/mol. The van der Waals surface area contributed by atoms with Crippen molar-refractivity contribution in [2.75, 3.05) is 39.1 Å². The Bertz CT molecular complexity index is 412. The molecule has 0 unspecified atom stereocenters. The van der Waals surface area contributed by atoms with E-state index in [1.807, 2.05) is 0 Å². The molecular formula is C12H17FN2O3. The van der Waals surface area contributed by atoms with E-state index >= 15 is 0 Å². The molecule has 0 radical (unpaired) electrons. The third-order valence-electron chi connectivity index (χ3n) is 2.45. The number of aliphatic hydroxyl groups excluding tert-OH is 1. The number of anilines is 1. The van der Waals surface area contributed by atoms with Crippen LogP contribution in [-0.2, 0) is 4.74 Å². The number of rotatable bonds is 6. The maximum Gasteiger partial charge on any atom is 0.256 e. The minimum absolute atomic E-state index is 0.0613. The molecule has 1 rings (SSSR count). The summed E-state index contributed by atoms with van der Waals surface area (Å²) in [7, 11) is 1.51. The summed E-state index contributed by atoms with van der Waals surface area (Å²) in [5.74, 6) is -1.15. The van der Waals surface area contributed by atoms with Gasteiger partial charge in [-0.15, -0.1) is 0 Å². The Balaban J connectivity index is 2.87. The topological polar surface area (TPSA) is 75.8 Å². The molecule has 0 aromatic heterocycles. The van der Waals surface area contributed by atoms with Crippen LogP contribution in [-0.4, -0.2) is 49.3 Å². The fourth-order valence-electron chi connectivity index (χ4n) is 1.51. The molecule has 0 heterocycles. The molecule has 0 aliphatic carbocycles. The highest BCUT2D eigenvalue weighted by Gasteiger charge is 2.18. The standard InChI is InChI=1S/C12H17FN2O3/c1-18-7-5-15(4-6-16)12(17)10-3-2-9(14)8-11(10)13/h2-3,8,16H,4-7,14H2,1H3. The zero-order valence-electron chi connectivity index (χ0n) is 10.2. The van der Waals surface area contributed by atoms with E-state index in [0.717, 1.165) is 6.07 Å². The highest BCUT2D eigenvalue weighted by atomic mass is 19.1. The quantitative estimate of drug-likeness (QED) is 0.726. The Morgan fingerprint density at radius 1 is 1.50 bits per heavy atom. The second-order valence-corrected chi connectivity index (χ2v) is 3.75. The molecule has 1 aromatic carbocycles. The minimum Gasteiger partial charge on any atom is -0.399 e. The van der Waals surface area contributed by atoms with Crippen LogP contribution in [0.15, 0.2) is 18.2 Å². The van der Waals surface area contributed by atoms with E-state index in [2.05, 4.69) is 0 Å². The van der Waals surface area contributed by atoms with Crippen LogP contribution in [0, 0.1) is 5.82 Å². The van der Waals surface area contributed by atoms with Crippen molar-refractivity contribution < 1.29 is 19.0 Å². The summed E-state index contributed by atoms with van der Waals surface area (Å²) in [6, 6.07) is 3.90. The van der Waals surface area contributed by atoms with Gasteiger partial charge in [-0.2, -0.15) is 0 Å². The Labute approximate surface area is 105 Å². The van der Waals surface area contributed by atoms with Crippen molar-refractivity contribution in [3.8, 4) is 0 Å². The Kier molecular flexibility index (Phi) is 5.54. The van der Waals surface area contributed by atoms with E-state index in [1.54, 1.807) is 0 Å². The number of amides is 1. The molecule has 6 heteroatoms. The third-order valence-corrected chi connectivity index (χ3v) is 2.45. The minimum atomic E-state index is -0.666. The molecule has 0 aliphatic rings. The number of halogens is 1. The number of nitrogen functional groups attached to an aromatic ring is 1. The van der Waals surface area contributed by atoms with E-state index in [0.29, 0.717) is 13.2 Å². The van der Waals surface area contributed by atoms with E-state index in [9.17, 15) is 9.18 Å². The smallest absolute Gasteiger partial charge is 0.256 e. The molecule has 0 spiro atoms. The lowest BCUT2D eigenvalue weighted by Gasteiger charge is -2.21. The molecule has 0 fully saturated rings. The van der Waals surface area contributed by atoms with Crippen molar-refractivity contribution in [1.29, 1.82) is 0 Å². The van der Waals surface area contributed by atoms with Gasteiger partial charge in [-0.25, -0.2) is 4.39 Å². The number of nitrogens with two attached hydrogens (primary N) is 1. The largest absolute Gasteiger partial charge is 0.399 e. The van der Waals surface area contributed by atoms with E-state index in [4.69, 9.17) is 15.6 Å². The van der Waals surface area contributed by atoms with Crippen molar-refractivity contribution in [2.24, 2.45) is 0 Å². The van der Waals surface area contributed by atoms with E-state index in [-0.39, 0.29) is 24.4 Å². The number of carbonyl (C=O) groups is 1. The van der Waals surface area contributed by atoms with Crippen molar-refractivity contribution in [3.05, 3.63) is 29.6 Å². The van der Waals surface area contributed by atoms with Crippen LogP contribution >= 0.6 is 0 Å². The Morgan fingerprint density at radius 2 is 2.22 bits per heavy atom. The summed E-state index contributed by atoms with van der Waals surface area (Å²) in [6.07, 6.45) is 0. The van der Waals surface area contributed by atoms with Gasteiger partial charge >= 0.3 is 0 Å². The van der Waals surface area contributed by atoms with Crippen LogP contribution in [0.5, 0.6) is 0 Å². The van der Waals surface area contributed by atoms with Gasteiger partial charge in [0.15, 0.2) is 0 Å². The summed E-state index contributed by atoms with van der Waals surface area (Å²) in [5.41, 5.74) is 5.62. The molecule has 1 amide bonds. The number of nitrogens with zero attached hydrogens (tertiary/aromatic N) is 1. The molecule has 100 valence electrons. The third kappa shape index (κ3) is 3.68. The molecule has 0 aliphatic heterocycles. The molecule has 5 nitrogen and oxygen atoms in total. The summed E-state index contributed by atoms with van der Waals surface area (Å²) in [4.78, 5) is 13.4. The Hall–Kier alpha value is -1.66. The van der Waals surface area contributed by atoms with E-state index in [1.165, 1.54) is 24.1 Å². The number of benzene rings is 1. The average molecular weight is 256 g/mol. The van der Waals surface area contributed by atoms with Crippen LogP contribution in [0.3, 0.4) is 0 Å². The first kappa shape index (κ1) is 14.4. The number of methoxy groups -OCH3 is 1. The second-order valence-electron chi connectivity index (χ2n) is 3.75. The van der Waals surface area contributed by atoms with Gasteiger partial charge in [-0.3, -0.25) is 4.79 Å². The van der Waals surface area contributed by atoms with Crippen LogP contribution in [0.4, 0.5) is 10.1 Å². The summed E-state index contributed by atoms with van der Waals surface area (Å²) in [6.45, 7) is 0.556. The lowest BCUT2D eigenvalue weighted by molar-refractivity contribution is 0.0652. The first-order valence-electron chi connectivity index (χ1n) is 5.54. The van der Waals surface area contributed by atoms with Gasteiger partial charge in [0.1, 0.15) is 5.82 Å². The van der Waals surface area contributed by atoms with Gasteiger partial charge in [0.25, 0.3) is 5.91 Å². The lowest BCUT2D eigenvalue weighted by atomic mass is 10.1. The first-order chi connectivity index (χ1) is 8.60. The van der Waals surface area contributed by atoms with Gasteiger partial charge < -0.3 is 20.5 Å². The van der Waals surface area contributed by atoms with Crippen molar-refractivity contribution in [2.45, 2.75) is 0 Å². The predicted octanol–water partition coefficient (Wildman–Crippen LogP) is 0.489. The number of hydrogen-bond donors (Lipinski definition) is 2. The van der Waals surface area contributed by atoms with Crippen LogP contribution in [0.1, 0.15) is 10.4 Å². The van der Waals surface area contributed by atoms with Gasteiger partial charge in [0, 0.05) is 25.9 Å². The molecule has 18 heavy (non-hydrogen) atoms. The first-order valence-corrected chi connectivity index (χ1v) is 5.54. The SMILES string of the molecule is COCCN(CCO)C(=O)c1ccc(N)cc1F.